The third-order valence-electron chi connectivity index (χ3n) is 3.70. The topological polar surface area (TPSA) is 36.1 Å². The summed E-state index contributed by atoms with van der Waals surface area (Å²) >= 11 is 6.23. The highest BCUT2D eigenvalue weighted by Crippen LogP contribution is 2.36. The quantitative estimate of drug-likeness (QED) is 0.812. The molecule has 1 aliphatic heterocycles. The summed E-state index contributed by atoms with van der Waals surface area (Å²) in [5.74, 6) is -0.333. The van der Waals surface area contributed by atoms with Crippen molar-refractivity contribution in [2.24, 2.45) is 4.99 Å². The fourth-order valence-electron chi connectivity index (χ4n) is 2.64. The molecule has 1 heterocycles. The van der Waals surface area contributed by atoms with E-state index in [4.69, 9.17) is 11.6 Å². The number of nitrogens with zero attached hydrogens (tertiary/aromatic N) is 2. The first-order valence-corrected chi connectivity index (χ1v) is 7.03. The monoisotopic (exact) mass is 298 g/mol. The largest absolute Gasteiger partial charge is 0.270 e. The normalized spacial score (nSPS) is 20.9. The number of hydrogen-bond donors (Lipinski definition) is 0. The van der Waals surface area contributed by atoms with Crippen molar-refractivity contribution in [3.05, 3.63) is 70.5 Å². The van der Waals surface area contributed by atoms with Crippen LogP contribution in [-0.2, 0) is 0 Å². The maximum atomic E-state index is 13.0. The minimum absolute atomic E-state index is 0.0521. The highest BCUT2D eigenvalue weighted by Gasteiger charge is 2.32. The molecule has 2 aromatic carbocycles. The van der Waals surface area contributed by atoms with Crippen LogP contribution in [0.15, 0.2) is 53.5 Å². The summed E-state index contributed by atoms with van der Waals surface area (Å²) in [5.41, 5.74) is 2.62. The molecule has 2 atom stereocenters. The predicted molar refractivity (Wildman–Crippen MR) is 81.1 cm³/mol. The SMILES string of the molecule is N#C[C@H]1N=C(c2ccc(F)cc2)C[C@@H]1c1ccccc1Cl. The Balaban J connectivity index is 1.93. The molecule has 0 radical (unpaired) electrons. The van der Waals surface area contributed by atoms with E-state index in [-0.39, 0.29) is 11.7 Å². The predicted octanol–water partition coefficient (Wildman–Crippen LogP) is 4.35. The van der Waals surface area contributed by atoms with Gasteiger partial charge in [0.2, 0.25) is 0 Å². The average molecular weight is 299 g/mol. The van der Waals surface area contributed by atoms with Gasteiger partial charge >= 0.3 is 0 Å². The second kappa shape index (κ2) is 5.67. The minimum Gasteiger partial charge on any atom is -0.270 e. The van der Waals surface area contributed by atoms with Crippen LogP contribution >= 0.6 is 11.6 Å². The molecule has 0 fully saturated rings. The Morgan fingerprint density at radius 1 is 1.14 bits per heavy atom. The Labute approximate surface area is 127 Å². The Kier molecular flexibility index (Phi) is 3.72. The van der Waals surface area contributed by atoms with Gasteiger partial charge in [-0.3, -0.25) is 4.99 Å². The third kappa shape index (κ3) is 2.68. The number of hydrogen-bond acceptors (Lipinski definition) is 2. The Morgan fingerprint density at radius 3 is 2.52 bits per heavy atom. The van der Waals surface area contributed by atoms with E-state index in [2.05, 4.69) is 11.1 Å². The molecule has 0 N–H and O–H groups in total. The van der Waals surface area contributed by atoms with E-state index in [0.717, 1.165) is 16.8 Å². The fraction of sp³-hybridized carbons (Fsp3) is 0.176. The van der Waals surface area contributed by atoms with Gasteiger partial charge in [0.05, 0.1) is 6.07 Å². The molecule has 0 saturated carbocycles. The first-order chi connectivity index (χ1) is 10.2. The van der Waals surface area contributed by atoms with Gasteiger partial charge in [0.1, 0.15) is 11.9 Å². The molecule has 0 bridgehead atoms. The molecule has 0 unspecified atom stereocenters. The molecule has 0 amide bonds. The first kappa shape index (κ1) is 13.8. The number of rotatable bonds is 2. The smallest absolute Gasteiger partial charge is 0.144 e. The zero-order chi connectivity index (χ0) is 14.8. The van der Waals surface area contributed by atoms with Crippen LogP contribution in [0.4, 0.5) is 4.39 Å². The summed E-state index contributed by atoms with van der Waals surface area (Å²) < 4.78 is 13.0. The van der Waals surface area contributed by atoms with Gasteiger partial charge < -0.3 is 0 Å². The van der Waals surface area contributed by atoms with Crippen LogP contribution in [0.5, 0.6) is 0 Å². The van der Waals surface area contributed by atoms with Crippen molar-refractivity contribution in [2.45, 2.75) is 18.4 Å². The molecule has 0 aromatic heterocycles. The summed E-state index contributed by atoms with van der Waals surface area (Å²) in [6.07, 6.45) is 0.633. The molecule has 0 saturated heterocycles. The average Bonchev–Trinajstić information content (AvgIpc) is 2.92. The maximum absolute atomic E-state index is 13.0. The molecular weight excluding hydrogens is 287 g/mol. The lowest BCUT2D eigenvalue weighted by Crippen LogP contribution is -2.10. The standard InChI is InChI=1S/C17H12ClFN2/c18-15-4-2-1-3-13(15)14-9-16(21-17(14)10-20)11-5-7-12(19)8-6-11/h1-8,14,17H,9H2/t14-,17-/m1/s1. The van der Waals surface area contributed by atoms with Crippen LogP contribution in [0, 0.1) is 17.1 Å². The van der Waals surface area contributed by atoms with Crippen molar-refractivity contribution >= 4 is 17.3 Å². The lowest BCUT2D eigenvalue weighted by molar-refractivity contribution is 0.627. The van der Waals surface area contributed by atoms with Crippen LogP contribution < -0.4 is 0 Å². The van der Waals surface area contributed by atoms with Crippen molar-refractivity contribution in [3.63, 3.8) is 0 Å². The summed E-state index contributed by atoms with van der Waals surface area (Å²) in [4.78, 5) is 4.48. The van der Waals surface area contributed by atoms with Gasteiger partial charge in [-0.15, -0.1) is 0 Å². The number of halogens is 2. The highest BCUT2D eigenvalue weighted by atomic mass is 35.5. The molecule has 21 heavy (non-hydrogen) atoms. The van der Waals surface area contributed by atoms with Crippen LogP contribution in [0.2, 0.25) is 5.02 Å². The van der Waals surface area contributed by atoms with Gasteiger partial charge in [-0.2, -0.15) is 5.26 Å². The van der Waals surface area contributed by atoms with Crippen molar-refractivity contribution in [1.29, 1.82) is 5.26 Å². The van der Waals surface area contributed by atoms with Crippen LogP contribution in [0.25, 0.3) is 0 Å². The number of aliphatic imine (C=N–C) groups is 1. The summed E-state index contributed by atoms with van der Waals surface area (Å²) in [5, 5.41) is 9.99. The van der Waals surface area contributed by atoms with Gasteiger partial charge in [0.25, 0.3) is 0 Å². The number of benzene rings is 2. The fourth-order valence-corrected chi connectivity index (χ4v) is 2.92. The van der Waals surface area contributed by atoms with Crippen LogP contribution in [0.3, 0.4) is 0 Å². The van der Waals surface area contributed by atoms with Crippen molar-refractivity contribution < 1.29 is 4.39 Å². The van der Waals surface area contributed by atoms with Gasteiger partial charge in [-0.25, -0.2) is 4.39 Å². The van der Waals surface area contributed by atoms with E-state index in [1.54, 1.807) is 12.1 Å². The van der Waals surface area contributed by atoms with E-state index in [1.807, 2.05) is 24.3 Å². The van der Waals surface area contributed by atoms with E-state index < -0.39 is 6.04 Å². The third-order valence-corrected chi connectivity index (χ3v) is 4.05. The summed E-state index contributed by atoms with van der Waals surface area (Å²) in [6.45, 7) is 0. The zero-order valence-electron chi connectivity index (χ0n) is 11.1. The van der Waals surface area contributed by atoms with Crippen LogP contribution in [-0.4, -0.2) is 11.8 Å². The lowest BCUT2D eigenvalue weighted by Gasteiger charge is -2.14. The molecule has 1 aliphatic rings. The van der Waals surface area contributed by atoms with Gasteiger partial charge in [0.15, 0.2) is 0 Å². The van der Waals surface area contributed by atoms with Crippen molar-refractivity contribution in [1.82, 2.24) is 0 Å². The second-order valence-electron chi connectivity index (χ2n) is 4.99. The lowest BCUT2D eigenvalue weighted by atomic mass is 9.89. The molecule has 104 valence electrons. The van der Waals surface area contributed by atoms with E-state index in [0.29, 0.717) is 11.4 Å². The molecule has 0 aliphatic carbocycles. The van der Waals surface area contributed by atoms with Gasteiger partial charge in [-0.05, 0) is 35.7 Å². The van der Waals surface area contributed by atoms with E-state index in [9.17, 15) is 9.65 Å². The highest BCUT2D eigenvalue weighted by molar-refractivity contribution is 6.31. The van der Waals surface area contributed by atoms with E-state index >= 15 is 0 Å². The maximum Gasteiger partial charge on any atom is 0.144 e. The van der Waals surface area contributed by atoms with Crippen molar-refractivity contribution in [2.75, 3.05) is 0 Å². The molecule has 2 nitrogen and oxygen atoms in total. The Hall–Kier alpha value is -2.18. The summed E-state index contributed by atoms with van der Waals surface area (Å²) in [6, 6.07) is 15.5. The van der Waals surface area contributed by atoms with Gasteiger partial charge in [-0.1, -0.05) is 41.9 Å². The number of nitriles is 1. The molecule has 2 aromatic rings. The van der Waals surface area contributed by atoms with Crippen LogP contribution in [0.1, 0.15) is 23.5 Å². The molecule has 3 rings (SSSR count). The summed E-state index contributed by atoms with van der Waals surface area (Å²) in [7, 11) is 0. The molecular formula is C17H12ClFN2. The Bertz CT molecular complexity index is 731. The van der Waals surface area contributed by atoms with Gasteiger partial charge in [0, 0.05) is 16.7 Å². The van der Waals surface area contributed by atoms with E-state index in [1.165, 1.54) is 12.1 Å². The van der Waals surface area contributed by atoms with Crippen molar-refractivity contribution in [3.8, 4) is 6.07 Å². The minimum atomic E-state index is -0.454. The first-order valence-electron chi connectivity index (χ1n) is 6.65. The second-order valence-corrected chi connectivity index (χ2v) is 5.40. The molecule has 4 heteroatoms. The Morgan fingerprint density at radius 2 is 1.86 bits per heavy atom. The molecule has 0 spiro atoms. The zero-order valence-corrected chi connectivity index (χ0v) is 11.9.